The Hall–Kier alpha value is 0.690. The average molecular weight is 324 g/mol. The number of halogens is 1. The Morgan fingerprint density at radius 3 is 2.47 bits per heavy atom. The standard InChI is InChI=1S/C13H25IO/c1-11(2)9-10-15-13-8-6-4-3-5-7-12(13)14/h11-13H,3-10H2,1-2H3. The minimum absolute atomic E-state index is 0.532. The summed E-state index contributed by atoms with van der Waals surface area (Å²) < 4.78 is 6.78. The van der Waals surface area contributed by atoms with Crippen LogP contribution >= 0.6 is 22.6 Å². The van der Waals surface area contributed by atoms with Gasteiger partial charge < -0.3 is 4.74 Å². The highest BCUT2D eigenvalue weighted by Gasteiger charge is 2.20. The van der Waals surface area contributed by atoms with E-state index in [0.29, 0.717) is 6.10 Å². The van der Waals surface area contributed by atoms with E-state index in [2.05, 4.69) is 36.4 Å². The van der Waals surface area contributed by atoms with E-state index < -0.39 is 0 Å². The SMILES string of the molecule is CC(C)CCOC1CCCCCCC1I. The zero-order valence-corrected chi connectivity index (χ0v) is 12.3. The molecule has 0 heterocycles. The fourth-order valence-corrected chi connectivity index (χ4v) is 3.06. The molecule has 1 aliphatic carbocycles. The predicted molar refractivity (Wildman–Crippen MR) is 74.7 cm³/mol. The fraction of sp³-hybridized carbons (Fsp3) is 1.00. The lowest BCUT2D eigenvalue weighted by Crippen LogP contribution is -2.26. The van der Waals surface area contributed by atoms with Crippen molar-refractivity contribution in [3.8, 4) is 0 Å². The Morgan fingerprint density at radius 2 is 1.80 bits per heavy atom. The van der Waals surface area contributed by atoms with E-state index in [1.165, 1.54) is 44.9 Å². The number of alkyl halides is 1. The zero-order valence-electron chi connectivity index (χ0n) is 10.2. The van der Waals surface area contributed by atoms with E-state index in [-0.39, 0.29) is 0 Å². The van der Waals surface area contributed by atoms with Crippen molar-refractivity contribution in [3.05, 3.63) is 0 Å². The molecule has 15 heavy (non-hydrogen) atoms. The third kappa shape index (κ3) is 6.10. The molecule has 0 aliphatic heterocycles. The van der Waals surface area contributed by atoms with E-state index in [4.69, 9.17) is 4.74 Å². The molecule has 1 fully saturated rings. The van der Waals surface area contributed by atoms with Crippen molar-refractivity contribution in [3.63, 3.8) is 0 Å². The second-order valence-corrected chi connectivity index (χ2v) is 6.70. The molecule has 90 valence electrons. The van der Waals surface area contributed by atoms with Crippen molar-refractivity contribution < 1.29 is 4.74 Å². The Morgan fingerprint density at radius 1 is 1.13 bits per heavy atom. The van der Waals surface area contributed by atoms with Crippen LogP contribution in [-0.2, 0) is 4.74 Å². The maximum Gasteiger partial charge on any atom is 0.0692 e. The lowest BCUT2D eigenvalue weighted by Gasteiger charge is -2.25. The molecule has 1 nitrogen and oxygen atoms in total. The molecular weight excluding hydrogens is 299 g/mol. The topological polar surface area (TPSA) is 9.23 Å². The molecule has 2 unspecified atom stereocenters. The minimum Gasteiger partial charge on any atom is -0.377 e. The second-order valence-electron chi connectivity index (χ2n) is 5.10. The third-order valence-electron chi connectivity index (χ3n) is 3.15. The van der Waals surface area contributed by atoms with Crippen LogP contribution in [0.2, 0.25) is 0 Å². The molecule has 0 aromatic carbocycles. The van der Waals surface area contributed by atoms with Crippen LogP contribution in [0, 0.1) is 5.92 Å². The van der Waals surface area contributed by atoms with Crippen molar-refractivity contribution >= 4 is 22.6 Å². The van der Waals surface area contributed by atoms with Gasteiger partial charge in [-0.1, -0.05) is 62.1 Å². The van der Waals surface area contributed by atoms with Crippen LogP contribution in [-0.4, -0.2) is 16.6 Å². The Balaban J connectivity index is 2.22. The van der Waals surface area contributed by atoms with E-state index in [9.17, 15) is 0 Å². The van der Waals surface area contributed by atoms with Gasteiger partial charge in [-0.25, -0.2) is 0 Å². The van der Waals surface area contributed by atoms with Gasteiger partial charge in [0.25, 0.3) is 0 Å². The predicted octanol–water partition coefficient (Wildman–Crippen LogP) is 4.58. The lowest BCUT2D eigenvalue weighted by molar-refractivity contribution is 0.0368. The molecule has 0 amide bonds. The molecule has 2 atom stereocenters. The summed E-state index contributed by atoms with van der Waals surface area (Å²) >= 11 is 2.59. The normalized spacial score (nSPS) is 28.8. The second kappa shape index (κ2) is 7.88. The van der Waals surface area contributed by atoms with Crippen LogP contribution in [0.3, 0.4) is 0 Å². The van der Waals surface area contributed by atoms with Crippen molar-refractivity contribution in [2.24, 2.45) is 5.92 Å². The van der Waals surface area contributed by atoms with Gasteiger partial charge in [0.15, 0.2) is 0 Å². The van der Waals surface area contributed by atoms with Crippen LogP contribution in [0.25, 0.3) is 0 Å². The van der Waals surface area contributed by atoms with Gasteiger partial charge in [-0.05, 0) is 25.2 Å². The first-order chi connectivity index (χ1) is 7.20. The summed E-state index contributed by atoms with van der Waals surface area (Å²) in [7, 11) is 0. The van der Waals surface area contributed by atoms with Gasteiger partial charge >= 0.3 is 0 Å². The van der Waals surface area contributed by atoms with E-state index in [1.54, 1.807) is 0 Å². The smallest absolute Gasteiger partial charge is 0.0692 e. The molecule has 1 aliphatic rings. The fourth-order valence-electron chi connectivity index (χ4n) is 2.05. The highest BCUT2D eigenvalue weighted by atomic mass is 127. The monoisotopic (exact) mass is 324 g/mol. The summed E-state index contributed by atoms with van der Waals surface area (Å²) in [6, 6.07) is 0. The lowest BCUT2D eigenvalue weighted by atomic mass is 9.98. The van der Waals surface area contributed by atoms with E-state index in [0.717, 1.165) is 16.4 Å². The molecule has 0 N–H and O–H groups in total. The molecule has 1 rings (SSSR count). The Bertz CT molecular complexity index is 159. The van der Waals surface area contributed by atoms with Crippen LogP contribution in [0.15, 0.2) is 0 Å². The third-order valence-corrected chi connectivity index (χ3v) is 4.57. The summed E-state index contributed by atoms with van der Waals surface area (Å²) in [6.45, 7) is 5.49. The maximum atomic E-state index is 6.03. The molecule has 0 aromatic rings. The number of rotatable bonds is 4. The summed E-state index contributed by atoms with van der Waals surface area (Å²) in [4.78, 5) is 0. The van der Waals surface area contributed by atoms with Gasteiger partial charge in [-0.3, -0.25) is 0 Å². The highest BCUT2D eigenvalue weighted by Crippen LogP contribution is 2.25. The van der Waals surface area contributed by atoms with E-state index >= 15 is 0 Å². The largest absolute Gasteiger partial charge is 0.377 e. The molecule has 0 saturated heterocycles. The Kier molecular flexibility index (Phi) is 7.23. The molecule has 2 heteroatoms. The first-order valence-corrected chi connectivity index (χ1v) is 7.70. The average Bonchev–Trinajstić information content (AvgIpc) is 2.16. The van der Waals surface area contributed by atoms with Gasteiger partial charge in [0, 0.05) is 10.5 Å². The molecule has 0 spiro atoms. The van der Waals surface area contributed by atoms with Crippen LogP contribution in [0.5, 0.6) is 0 Å². The number of hydrogen-bond acceptors (Lipinski definition) is 1. The van der Waals surface area contributed by atoms with Gasteiger partial charge in [-0.2, -0.15) is 0 Å². The summed E-state index contributed by atoms with van der Waals surface area (Å²) in [6.07, 6.45) is 9.98. The summed E-state index contributed by atoms with van der Waals surface area (Å²) in [5, 5.41) is 0. The van der Waals surface area contributed by atoms with Crippen molar-refractivity contribution in [2.75, 3.05) is 6.61 Å². The molecule has 0 bridgehead atoms. The first-order valence-electron chi connectivity index (χ1n) is 6.46. The Labute approximate surface area is 108 Å². The summed E-state index contributed by atoms with van der Waals surface area (Å²) in [5.41, 5.74) is 0. The molecule has 1 saturated carbocycles. The highest BCUT2D eigenvalue weighted by molar-refractivity contribution is 14.1. The van der Waals surface area contributed by atoms with Gasteiger partial charge in [0.1, 0.15) is 0 Å². The van der Waals surface area contributed by atoms with Crippen LogP contribution in [0.1, 0.15) is 58.8 Å². The molecule has 0 aromatic heterocycles. The molecule has 0 radical (unpaired) electrons. The van der Waals surface area contributed by atoms with Crippen molar-refractivity contribution in [1.82, 2.24) is 0 Å². The van der Waals surface area contributed by atoms with Crippen molar-refractivity contribution in [2.45, 2.75) is 68.8 Å². The van der Waals surface area contributed by atoms with Crippen LogP contribution < -0.4 is 0 Å². The summed E-state index contributed by atoms with van der Waals surface area (Å²) in [5.74, 6) is 0.770. The first kappa shape index (κ1) is 13.8. The quantitative estimate of drug-likeness (QED) is 0.543. The van der Waals surface area contributed by atoms with Crippen molar-refractivity contribution in [1.29, 1.82) is 0 Å². The number of hydrogen-bond donors (Lipinski definition) is 0. The maximum absolute atomic E-state index is 6.03. The van der Waals surface area contributed by atoms with Gasteiger partial charge in [0.05, 0.1) is 6.10 Å². The van der Waals surface area contributed by atoms with E-state index in [1.807, 2.05) is 0 Å². The minimum atomic E-state index is 0.532. The molecular formula is C13H25IO. The van der Waals surface area contributed by atoms with Gasteiger partial charge in [0.2, 0.25) is 0 Å². The zero-order chi connectivity index (χ0) is 11.1. The van der Waals surface area contributed by atoms with Crippen LogP contribution in [0.4, 0.5) is 0 Å². The number of ether oxygens (including phenoxy) is 1. The van der Waals surface area contributed by atoms with Gasteiger partial charge in [-0.15, -0.1) is 0 Å².